The molecule has 0 radical (unpaired) electrons. The van der Waals surface area contributed by atoms with Crippen LogP contribution in [0.25, 0.3) is 0 Å². The average molecular weight is 401 g/mol. The smallest absolute Gasteiger partial charge is 0.137 e. The maximum Gasteiger partial charge on any atom is 0.137 e. The Morgan fingerprint density at radius 2 is 1.90 bits per heavy atom. The van der Waals surface area contributed by atoms with E-state index in [1.165, 1.54) is 17.2 Å². The van der Waals surface area contributed by atoms with Crippen LogP contribution >= 0.6 is 31.9 Å². The molecule has 0 aliphatic heterocycles. The van der Waals surface area contributed by atoms with Crippen LogP contribution < -0.4 is 5.32 Å². The van der Waals surface area contributed by atoms with E-state index in [0.29, 0.717) is 4.47 Å². The maximum atomic E-state index is 13.4. The van der Waals surface area contributed by atoms with Crippen LogP contribution in [0.15, 0.2) is 45.3 Å². The van der Waals surface area contributed by atoms with Crippen LogP contribution in [-0.4, -0.2) is 6.54 Å². The Morgan fingerprint density at radius 1 is 1.15 bits per heavy atom. The number of benzene rings is 2. The largest absolute Gasteiger partial charge is 0.307 e. The third-order valence-electron chi connectivity index (χ3n) is 3.31. The lowest BCUT2D eigenvalue weighted by Crippen LogP contribution is -2.23. The molecule has 0 saturated carbocycles. The summed E-state index contributed by atoms with van der Waals surface area (Å²) in [6.45, 7) is 4.99. The predicted molar refractivity (Wildman–Crippen MR) is 88.5 cm³/mol. The first kappa shape index (κ1) is 15.7. The van der Waals surface area contributed by atoms with Crippen molar-refractivity contribution < 1.29 is 4.39 Å². The van der Waals surface area contributed by atoms with Crippen LogP contribution in [0.5, 0.6) is 0 Å². The molecular formula is C16H16Br2FN. The molecule has 0 fully saturated rings. The molecule has 0 aliphatic carbocycles. The molecule has 4 heteroatoms. The summed E-state index contributed by atoms with van der Waals surface area (Å²) < 4.78 is 15.0. The summed E-state index contributed by atoms with van der Waals surface area (Å²) in [7, 11) is 0. The van der Waals surface area contributed by atoms with Gasteiger partial charge < -0.3 is 5.32 Å². The highest BCUT2D eigenvalue weighted by Crippen LogP contribution is 2.30. The molecule has 1 atom stereocenters. The summed E-state index contributed by atoms with van der Waals surface area (Å²) in [6, 6.07) is 11.4. The fraction of sp³-hybridized carbons (Fsp3) is 0.250. The van der Waals surface area contributed by atoms with Gasteiger partial charge in [-0.2, -0.15) is 0 Å². The van der Waals surface area contributed by atoms with Crippen LogP contribution in [-0.2, 0) is 0 Å². The molecule has 0 amide bonds. The second-order valence-corrected chi connectivity index (χ2v) is 6.33. The van der Waals surface area contributed by atoms with Gasteiger partial charge in [-0.3, -0.25) is 0 Å². The van der Waals surface area contributed by atoms with Gasteiger partial charge in [-0.1, -0.05) is 41.1 Å². The lowest BCUT2D eigenvalue weighted by molar-refractivity contribution is 0.607. The molecule has 0 aliphatic rings. The minimum atomic E-state index is -0.241. The Morgan fingerprint density at radius 3 is 2.55 bits per heavy atom. The Balaban J connectivity index is 2.50. The lowest BCUT2D eigenvalue weighted by Gasteiger charge is -2.22. The molecular weight excluding hydrogens is 385 g/mol. The standard InChI is InChI=1S/C16H16Br2FN/c1-3-20-16(11-7-8-15(19)14(18)9-11)12-5-4-6-13(17)10(12)2/h4-9,16,20H,3H2,1-2H3. The van der Waals surface area contributed by atoms with Crippen LogP contribution in [0.1, 0.15) is 29.7 Å². The van der Waals surface area contributed by atoms with Crippen molar-refractivity contribution in [1.82, 2.24) is 5.32 Å². The molecule has 2 aromatic rings. The second-order valence-electron chi connectivity index (χ2n) is 4.62. The fourth-order valence-corrected chi connectivity index (χ4v) is 3.02. The number of nitrogens with one attached hydrogen (secondary N) is 1. The van der Waals surface area contributed by atoms with Gasteiger partial charge in [-0.15, -0.1) is 0 Å². The van der Waals surface area contributed by atoms with E-state index in [9.17, 15) is 4.39 Å². The minimum absolute atomic E-state index is 0.0504. The van der Waals surface area contributed by atoms with Crippen LogP contribution in [0.4, 0.5) is 4.39 Å². The Hall–Kier alpha value is -0.710. The van der Waals surface area contributed by atoms with E-state index in [2.05, 4.69) is 57.1 Å². The molecule has 1 nitrogen and oxygen atoms in total. The Labute approximate surface area is 135 Å². The molecule has 0 saturated heterocycles. The lowest BCUT2D eigenvalue weighted by atomic mass is 9.95. The Kier molecular flexibility index (Phi) is 5.35. The summed E-state index contributed by atoms with van der Waals surface area (Å²) >= 11 is 6.83. The minimum Gasteiger partial charge on any atom is -0.307 e. The summed E-state index contributed by atoms with van der Waals surface area (Å²) in [5.74, 6) is -0.241. The fourth-order valence-electron chi connectivity index (χ4n) is 2.24. The van der Waals surface area contributed by atoms with E-state index in [0.717, 1.165) is 16.6 Å². The van der Waals surface area contributed by atoms with Crippen LogP contribution in [0.2, 0.25) is 0 Å². The molecule has 0 aromatic heterocycles. The van der Waals surface area contributed by atoms with Crippen LogP contribution in [0, 0.1) is 12.7 Å². The molecule has 2 rings (SSSR count). The first-order chi connectivity index (χ1) is 9.54. The summed E-state index contributed by atoms with van der Waals surface area (Å²) in [5.41, 5.74) is 3.43. The van der Waals surface area contributed by atoms with Gasteiger partial charge in [-0.25, -0.2) is 4.39 Å². The highest BCUT2D eigenvalue weighted by atomic mass is 79.9. The molecule has 2 aromatic carbocycles. The third-order valence-corrected chi connectivity index (χ3v) is 4.77. The molecule has 1 unspecified atom stereocenters. The van der Waals surface area contributed by atoms with Crippen molar-refractivity contribution in [2.45, 2.75) is 19.9 Å². The topological polar surface area (TPSA) is 12.0 Å². The quantitative estimate of drug-likeness (QED) is 0.728. The summed E-state index contributed by atoms with van der Waals surface area (Å²) in [4.78, 5) is 0. The van der Waals surface area contributed by atoms with E-state index in [1.54, 1.807) is 0 Å². The van der Waals surface area contributed by atoms with Gasteiger partial charge in [-0.05, 0) is 64.3 Å². The number of hydrogen-bond acceptors (Lipinski definition) is 1. The Bertz CT molecular complexity index is 613. The zero-order valence-corrected chi connectivity index (χ0v) is 14.6. The van der Waals surface area contributed by atoms with Gasteiger partial charge in [0.2, 0.25) is 0 Å². The van der Waals surface area contributed by atoms with E-state index >= 15 is 0 Å². The van der Waals surface area contributed by atoms with E-state index < -0.39 is 0 Å². The van der Waals surface area contributed by atoms with Gasteiger partial charge in [0, 0.05) is 4.47 Å². The first-order valence-electron chi connectivity index (χ1n) is 6.48. The van der Waals surface area contributed by atoms with Crippen molar-refractivity contribution in [2.24, 2.45) is 0 Å². The van der Waals surface area contributed by atoms with E-state index in [-0.39, 0.29) is 11.9 Å². The first-order valence-corrected chi connectivity index (χ1v) is 8.06. The third kappa shape index (κ3) is 3.30. The average Bonchev–Trinajstić information content (AvgIpc) is 2.43. The van der Waals surface area contributed by atoms with E-state index in [1.807, 2.05) is 24.3 Å². The van der Waals surface area contributed by atoms with Crippen molar-refractivity contribution in [3.05, 3.63) is 67.9 Å². The van der Waals surface area contributed by atoms with Gasteiger partial charge >= 0.3 is 0 Å². The molecule has 106 valence electrons. The number of hydrogen-bond donors (Lipinski definition) is 1. The highest BCUT2D eigenvalue weighted by Gasteiger charge is 2.17. The summed E-state index contributed by atoms with van der Waals surface area (Å²) in [6.07, 6.45) is 0. The predicted octanol–water partition coefficient (Wildman–Crippen LogP) is 5.36. The normalized spacial score (nSPS) is 12.4. The van der Waals surface area contributed by atoms with Crippen molar-refractivity contribution in [3.8, 4) is 0 Å². The number of rotatable bonds is 4. The van der Waals surface area contributed by atoms with Crippen molar-refractivity contribution in [1.29, 1.82) is 0 Å². The highest BCUT2D eigenvalue weighted by molar-refractivity contribution is 9.10. The molecule has 20 heavy (non-hydrogen) atoms. The van der Waals surface area contributed by atoms with E-state index in [4.69, 9.17) is 0 Å². The SMILES string of the molecule is CCNC(c1ccc(F)c(Br)c1)c1cccc(Br)c1C. The molecule has 0 spiro atoms. The maximum absolute atomic E-state index is 13.4. The monoisotopic (exact) mass is 399 g/mol. The zero-order chi connectivity index (χ0) is 14.7. The van der Waals surface area contributed by atoms with Crippen LogP contribution in [0.3, 0.4) is 0 Å². The molecule has 1 N–H and O–H groups in total. The summed E-state index contributed by atoms with van der Waals surface area (Å²) in [5, 5.41) is 3.47. The zero-order valence-electron chi connectivity index (χ0n) is 11.4. The van der Waals surface area contributed by atoms with Gasteiger partial charge in [0.05, 0.1) is 10.5 Å². The second kappa shape index (κ2) is 6.83. The van der Waals surface area contributed by atoms with Crippen molar-refractivity contribution >= 4 is 31.9 Å². The van der Waals surface area contributed by atoms with Gasteiger partial charge in [0.15, 0.2) is 0 Å². The molecule has 0 heterocycles. The van der Waals surface area contributed by atoms with Crippen molar-refractivity contribution in [2.75, 3.05) is 6.54 Å². The molecule has 0 bridgehead atoms. The van der Waals surface area contributed by atoms with Gasteiger partial charge in [0.1, 0.15) is 5.82 Å². The van der Waals surface area contributed by atoms with Crippen molar-refractivity contribution in [3.63, 3.8) is 0 Å². The number of halogens is 3. The van der Waals surface area contributed by atoms with Gasteiger partial charge in [0.25, 0.3) is 0 Å².